The predicted octanol–water partition coefficient (Wildman–Crippen LogP) is 4.53. The van der Waals surface area contributed by atoms with E-state index < -0.39 is 0 Å². The van der Waals surface area contributed by atoms with E-state index in [0.717, 1.165) is 37.7 Å². The number of benzene rings is 2. The Morgan fingerprint density at radius 1 is 1.05 bits per heavy atom. The molecule has 8 heteroatoms. The lowest BCUT2D eigenvalue weighted by Gasteiger charge is -2.28. The van der Waals surface area contributed by atoms with E-state index in [0.29, 0.717) is 29.1 Å². The van der Waals surface area contributed by atoms with Crippen molar-refractivity contribution in [3.63, 3.8) is 0 Å². The Morgan fingerprint density at radius 3 is 2.49 bits per heavy atom. The molecule has 0 radical (unpaired) electrons. The van der Waals surface area contributed by atoms with Gasteiger partial charge in [0.25, 0.3) is 5.56 Å². The molecule has 0 aliphatic heterocycles. The molecule has 1 fully saturated rings. The number of hydrogen-bond donors (Lipinski definition) is 2. The van der Waals surface area contributed by atoms with Gasteiger partial charge in [0.05, 0.1) is 16.7 Å². The molecule has 2 N–H and O–H groups in total. The number of fused-ring (bicyclic) bond motifs is 1. The van der Waals surface area contributed by atoms with Gasteiger partial charge in [-0.15, -0.1) is 0 Å². The Bertz CT molecular complexity index is 1270. The largest absolute Gasteiger partial charge is 0.353 e. The number of carbonyl (C=O) groups excluding carboxylic acids is 2. The van der Waals surface area contributed by atoms with E-state index in [1.807, 2.05) is 62.4 Å². The molecule has 1 heterocycles. The summed E-state index contributed by atoms with van der Waals surface area (Å²) in [5.41, 5.74) is 1.67. The van der Waals surface area contributed by atoms with Crippen LogP contribution in [0.3, 0.4) is 0 Å². The number of amides is 2. The Balaban J connectivity index is 1.40. The lowest BCUT2D eigenvalue weighted by Crippen LogP contribution is -2.35. The topological polar surface area (TPSA) is 93.1 Å². The van der Waals surface area contributed by atoms with Gasteiger partial charge in [-0.05, 0) is 62.6 Å². The van der Waals surface area contributed by atoms with E-state index >= 15 is 0 Å². The zero-order chi connectivity index (χ0) is 26.2. The van der Waals surface area contributed by atoms with E-state index in [-0.39, 0.29) is 41.0 Å². The first kappa shape index (κ1) is 26.9. The van der Waals surface area contributed by atoms with Crippen LogP contribution in [0, 0.1) is 11.8 Å². The fourth-order valence-corrected chi connectivity index (χ4v) is 5.58. The molecule has 0 unspecified atom stereocenters. The number of carbonyl (C=O) groups is 2. The third-order valence-electron chi connectivity index (χ3n) is 7.15. The molecule has 3 aromatic rings. The van der Waals surface area contributed by atoms with Gasteiger partial charge in [-0.3, -0.25) is 19.0 Å². The number of nitrogens with zero attached hydrogens (tertiary/aromatic N) is 2. The van der Waals surface area contributed by atoms with Gasteiger partial charge in [0.2, 0.25) is 11.8 Å². The molecule has 0 saturated heterocycles. The summed E-state index contributed by atoms with van der Waals surface area (Å²) in [6, 6.07) is 17.4. The zero-order valence-electron chi connectivity index (χ0n) is 21.6. The first-order valence-corrected chi connectivity index (χ1v) is 14.2. The molecule has 1 aliphatic rings. The minimum Gasteiger partial charge on any atom is -0.353 e. The summed E-state index contributed by atoms with van der Waals surface area (Å²) in [5, 5.41) is 7.21. The SMILES string of the molecule is CC[C@H](C)NC(=O)CSc1nc2ccccc2c(=O)n1CC1CCC(C(=O)NCc2ccccc2)CC1. The van der Waals surface area contributed by atoms with E-state index in [9.17, 15) is 14.4 Å². The Kier molecular flexibility index (Phi) is 9.39. The molecule has 1 aliphatic carbocycles. The van der Waals surface area contributed by atoms with Crippen LogP contribution in [-0.4, -0.2) is 33.2 Å². The lowest BCUT2D eigenvalue weighted by atomic mass is 9.81. The van der Waals surface area contributed by atoms with Crippen molar-refractivity contribution in [3.8, 4) is 0 Å². The van der Waals surface area contributed by atoms with E-state index in [1.54, 1.807) is 10.6 Å². The summed E-state index contributed by atoms with van der Waals surface area (Å²) in [6.45, 7) is 5.10. The van der Waals surface area contributed by atoms with Crippen molar-refractivity contribution in [2.24, 2.45) is 11.8 Å². The number of nitrogens with one attached hydrogen (secondary N) is 2. The second-order valence-electron chi connectivity index (χ2n) is 9.91. The van der Waals surface area contributed by atoms with Crippen LogP contribution in [0.4, 0.5) is 0 Å². The smallest absolute Gasteiger partial charge is 0.262 e. The fourth-order valence-electron chi connectivity index (χ4n) is 4.76. The van der Waals surface area contributed by atoms with E-state index in [1.165, 1.54) is 11.8 Å². The van der Waals surface area contributed by atoms with Gasteiger partial charge in [0.15, 0.2) is 5.16 Å². The van der Waals surface area contributed by atoms with Crippen molar-refractivity contribution in [2.45, 2.75) is 70.2 Å². The van der Waals surface area contributed by atoms with E-state index in [4.69, 9.17) is 4.98 Å². The molecular formula is C29H36N4O3S. The summed E-state index contributed by atoms with van der Waals surface area (Å²) in [5.74, 6) is 0.547. The van der Waals surface area contributed by atoms with Gasteiger partial charge in [-0.25, -0.2) is 4.98 Å². The molecule has 2 amide bonds. The highest BCUT2D eigenvalue weighted by atomic mass is 32.2. The molecule has 1 saturated carbocycles. The van der Waals surface area contributed by atoms with Gasteiger partial charge in [0, 0.05) is 25.0 Å². The maximum atomic E-state index is 13.4. The molecule has 0 spiro atoms. The number of hydrogen-bond acceptors (Lipinski definition) is 5. The van der Waals surface area contributed by atoms with Crippen molar-refractivity contribution in [3.05, 3.63) is 70.5 Å². The second-order valence-corrected chi connectivity index (χ2v) is 10.9. The summed E-state index contributed by atoms with van der Waals surface area (Å²) in [4.78, 5) is 43.3. The first-order chi connectivity index (χ1) is 17.9. The third-order valence-corrected chi connectivity index (χ3v) is 8.12. The van der Waals surface area contributed by atoms with Gasteiger partial charge in [-0.1, -0.05) is 61.2 Å². The predicted molar refractivity (Wildman–Crippen MR) is 148 cm³/mol. The fraction of sp³-hybridized carbons (Fsp3) is 0.448. The molecule has 37 heavy (non-hydrogen) atoms. The van der Waals surface area contributed by atoms with Crippen molar-refractivity contribution in [1.82, 2.24) is 20.2 Å². The maximum Gasteiger partial charge on any atom is 0.262 e. The average Bonchev–Trinajstić information content (AvgIpc) is 2.93. The third kappa shape index (κ3) is 7.22. The molecular weight excluding hydrogens is 484 g/mol. The molecule has 1 atom stereocenters. The monoisotopic (exact) mass is 520 g/mol. The van der Waals surface area contributed by atoms with Crippen LogP contribution in [0.1, 0.15) is 51.5 Å². The molecule has 2 aromatic carbocycles. The number of thioether (sulfide) groups is 1. The second kappa shape index (κ2) is 12.9. The van der Waals surface area contributed by atoms with Gasteiger partial charge >= 0.3 is 0 Å². The summed E-state index contributed by atoms with van der Waals surface area (Å²) in [6.07, 6.45) is 4.23. The van der Waals surface area contributed by atoms with Gasteiger partial charge < -0.3 is 10.6 Å². The first-order valence-electron chi connectivity index (χ1n) is 13.2. The minimum absolute atomic E-state index is 0.00418. The Morgan fingerprint density at radius 2 is 1.76 bits per heavy atom. The van der Waals surface area contributed by atoms with Crippen molar-refractivity contribution >= 4 is 34.5 Å². The van der Waals surface area contributed by atoms with E-state index in [2.05, 4.69) is 10.6 Å². The molecule has 1 aromatic heterocycles. The summed E-state index contributed by atoms with van der Waals surface area (Å²) in [7, 11) is 0. The standard InChI is InChI=1S/C29H36N4O3S/c1-3-20(2)31-26(34)19-37-29-32-25-12-8-7-11-24(25)28(36)33(29)18-22-13-15-23(16-14-22)27(35)30-17-21-9-5-4-6-10-21/h4-12,20,22-23H,3,13-19H2,1-2H3,(H,30,35)(H,31,34)/t20-,22?,23?/m0/s1. The normalized spacial score (nSPS) is 18.3. The molecule has 0 bridgehead atoms. The van der Waals surface area contributed by atoms with Crippen LogP contribution in [0.25, 0.3) is 10.9 Å². The van der Waals surface area contributed by atoms with Gasteiger partial charge in [0.1, 0.15) is 0 Å². The van der Waals surface area contributed by atoms with Crippen molar-refractivity contribution in [2.75, 3.05) is 5.75 Å². The highest BCUT2D eigenvalue weighted by Gasteiger charge is 2.27. The quantitative estimate of drug-likeness (QED) is 0.303. The minimum atomic E-state index is -0.0711. The van der Waals surface area contributed by atoms with Crippen LogP contribution < -0.4 is 16.2 Å². The highest BCUT2D eigenvalue weighted by molar-refractivity contribution is 7.99. The number of aromatic nitrogens is 2. The van der Waals surface area contributed by atoms with Gasteiger partial charge in [-0.2, -0.15) is 0 Å². The number of rotatable bonds is 10. The highest BCUT2D eigenvalue weighted by Crippen LogP contribution is 2.31. The maximum absolute atomic E-state index is 13.4. The van der Waals surface area contributed by atoms with Crippen LogP contribution >= 0.6 is 11.8 Å². The van der Waals surface area contributed by atoms with Crippen molar-refractivity contribution < 1.29 is 9.59 Å². The number of para-hydroxylation sites is 1. The Hall–Kier alpha value is -3.13. The molecule has 4 rings (SSSR count). The zero-order valence-corrected chi connectivity index (χ0v) is 22.4. The lowest BCUT2D eigenvalue weighted by molar-refractivity contribution is -0.126. The van der Waals surface area contributed by atoms with Crippen molar-refractivity contribution in [1.29, 1.82) is 0 Å². The summed E-state index contributed by atoms with van der Waals surface area (Å²) >= 11 is 1.31. The summed E-state index contributed by atoms with van der Waals surface area (Å²) < 4.78 is 1.74. The van der Waals surface area contributed by atoms with Crippen LogP contribution in [0.15, 0.2) is 64.5 Å². The van der Waals surface area contributed by atoms with Crippen LogP contribution in [0.5, 0.6) is 0 Å². The Labute approximate surface area is 222 Å². The van der Waals surface area contributed by atoms with Crippen LogP contribution in [0.2, 0.25) is 0 Å². The average molecular weight is 521 g/mol. The molecule has 196 valence electrons. The molecule has 7 nitrogen and oxygen atoms in total. The van der Waals surface area contributed by atoms with Crippen LogP contribution in [-0.2, 0) is 22.7 Å².